The SMILES string of the molecule is COc1cncc(CN2CCc3c(C(=O)Nc4cncc(C(F)(F)F)c4)csc3C2)c1. The number of halogens is 3. The molecule has 0 saturated heterocycles. The zero-order chi connectivity index (χ0) is 22.0. The average molecular weight is 448 g/mol. The fourth-order valence-electron chi connectivity index (χ4n) is 3.49. The van der Waals surface area contributed by atoms with Gasteiger partial charge in [-0.3, -0.25) is 19.7 Å². The van der Waals surface area contributed by atoms with Crippen molar-refractivity contribution in [3.8, 4) is 5.75 Å². The van der Waals surface area contributed by atoms with E-state index in [0.717, 1.165) is 34.8 Å². The van der Waals surface area contributed by atoms with Crippen molar-refractivity contribution in [3.63, 3.8) is 0 Å². The molecule has 6 nitrogen and oxygen atoms in total. The molecular formula is C21H19F3N4O2S. The van der Waals surface area contributed by atoms with Gasteiger partial charge in [0.25, 0.3) is 5.91 Å². The summed E-state index contributed by atoms with van der Waals surface area (Å²) in [4.78, 5) is 23.8. The third-order valence-corrected chi connectivity index (χ3v) is 6.02. The standard InChI is InChI=1S/C21H19F3N4O2S/c1-30-16-4-13(6-25-9-16)10-28-3-2-17-18(12-31-19(17)11-28)20(29)27-15-5-14(7-26-8-15)21(22,23)24/h4-9,12H,2-3,10-11H2,1H3,(H,27,29). The molecule has 0 saturated carbocycles. The van der Waals surface area contributed by atoms with Crippen LogP contribution in [0.2, 0.25) is 0 Å². The lowest BCUT2D eigenvalue weighted by molar-refractivity contribution is -0.137. The van der Waals surface area contributed by atoms with Gasteiger partial charge in [-0.15, -0.1) is 11.3 Å². The molecule has 0 fully saturated rings. The Balaban J connectivity index is 1.44. The molecule has 162 valence electrons. The molecule has 1 aliphatic heterocycles. The molecule has 0 aromatic carbocycles. The number of ether oxygens (including phenoxy) is 1. The topological polar surface area (TPSA) is 67.3 Å². The van der Waals surface area contributed by atoms with Crippen LogP contribution in [0.15, 0.2) is 42.3 Å². The average Bonchev–Trinajstić information content (AvgIpc) is 3.17. The predicted molar refractivity (Wildman–Crippen MR) is 110 cm³/mol. The van der Waals surface area contributed by atoms with Crippen LogP contribution in [0.25, 0.3) is 0 Å². The summed E-state index contributed by atoms with van der Waals surface area (Å²) < 4.78 is 43.8. The Labute approximate surface area is 180 Å². The van der Waals surface area contributed by atoms with Crippen molar-refractivity contribution in [3.05, 3.63) is 69.4 Å². The van der Waals surface area contributed by atoms with Crippen molar-refractivity contribution < 1.29 is 22.7 Å². The van der Waals surface area contributed by atoms with Gasteiger partial charge in [0.1, 0.15) is 5.75 Å². The van der Waals surface area contributed by atoms with Crippen LogP contribution in [0, 0.1) is 0 Å². The third kappa shape index (κ3) is 4.86. The number of anilines is 1. The molecule has 1 aliphatic rings. The summed E-state index contributed by atoms with van der Waals surface area (Å²) in [5.74, 6) is 0.276. The Kier molecular flexibility index (Phi) is 5.92. The van der Waals surface area contributed by atoms with Crippen LogP contribution < -0.4 is 10.1 Å². The lowest BCUT2D eigenvalue weighted by Crippen LogP contribution is -2.30. The van der Waals surface area contributed by atoms with E-state index in [0.29, 0.717) is 30.8 Å². The van der Waals surface area contributed by atoms with Crippen molar-refractivity contribution >= 4 is 22.9 Å². The van der Waals surface area contributed by atoms with E-state index in [4.69, 9.17) is 4.74 Å². The van der Waals surface area contributed by atoms with E-state index in [2.05, 4.69) is 20.2 Å². The summed E-state index contributed by atoms with van der Waals surface area (Å²) >= 11 is 1.48. The van der Waals surface area contributed by atoms with Gasteiger partial charge in [0, 0.05) is 42.3 Å². The molecule has 3 aromatic heterocycles. The number of carbonyl (C=O) groups is 1. The minimum Gasteiger partial charge on any atom is -0.495 e. The molecule has 0 atom stereocenters. The number of nitrogens with one attached hydrogen (secondary N) is 1. The zero-order valence-corrected chi connectivity index (χ0v) is 17.4. The van der Waals surface area contributed by atoms with Gasteiger partial charge >= 0.3 is 6.18 Å². The first-order chi connectivity index (χ1) is 14.8. The fourth-order valence-corrected chi connectivity index (χ4v) is 4.61. The number of rotatable bonds is 5. The minimum absolute atomic E-state index is 0.0164. The highest BCUT2D eigenvalue weighted by atomic mass is 32.1. The third-order valence-electron chi connectivity index (χ3n) is 5.01. The second-order valence-corrected chi connectivity index (χ2v) is 8.12. The lowest BCUT2D eigenvalue weighted by Gasteiger charge is -2.27. The summed E-state index contributed by atoms with van der Waals surface area (Å²) in [5.41, 5.74) is 1.60. The number of hydrogen-bond donors (Lipinski definition) is 1. The van der Waals surface area contributed by atoms with Gasteiger partial charge < -0.3 is 10.1 Å². The first kappa shape index (κ1) is 21.3. The van der Waals surface area contributed by atoms with Gasteiger partial charge in [-0.1, -0.05) is 0 Å². The summed E-state index contributed by atoms with van der Waals surface area (Å²) in [6.07, 6.45) is 1.55. The van der Waals surface area contributed by atoms with E-state index >= 15 is 0 Å². The van der Waals surface area contributed by atoms with Crippen molar-refractivity contribution in [1.29, 1.82) is 0 Å². The van der Waals surface area contributed by atoms with E-state index in [-0.39, 0.29) is 5.69 Å². The van der Waals surface area contributed by atoms with E-state index in [1.807, 2.05) is 6.07 Å². The number of aromatic nitrogens is 2. The van der Waals surface area contributed by atoms with Crippen LogP contribution in [-0.2, 0) is 25.7 Å². The maximum absolute atomic E-state index is 12.9. The van der Waals surface area contributed by atoms with Crippen LogP contribution in [0.1, 0.15) is 31.9 Å². The molecule has 3 aromatic rings. The molecule has 0 unspecified atom stereocenters. The smallest absolute Gasteiger partial charge is 0.417 e. The number of pyridine rings is 2. The molecule has 4 heterocycles. The molecule has 1 N–H and O–H groups in total. The predicted octanol–water partition coefficient (Wildman–Crippen LogP) is 4.38. The van der Waals surface area contributed by atoms with E-state index in [9.17, 15) is 18.0 Å². The number of hydrogen-bond acceptors (Lipinski definition) is 6. The summed E-state index contributed by atoms with van der Waals surface area (Å²) in [5, 5.41) is 4.30. The quantitative estimate of drug-likeness (QED) is 0.628. The highest BCUT2D eigenvalue weighted by Crippen LogP contribution is 2.32. The van der Waals surface area contributed by atoms with Crippen molar-refractivity contribution in [2.45, 2.75) is 25.7 Å². The maximum atomic E-state index is 12.9. The Morgan fingerprint density at radius 3 is 2.81 bits per heavy atom. The van der Waals surface area contributed by atoms with Crippen LogP contribution in [-0.4, -0.2) is 34.4 Å². The molecule has 4 rings (SSSR count). The number of carbonyl (C=O) groups excluding carboxylic acids is 1. The molecule has 0 spiro atoms. The van der Waals surface area contributed by atoms with Gasteiger partial charge in [0.15, 0.2) is 0 Å². The first-order valence-electron chi connectivity index (χ1n) is 9.46. The van der Waals surface area contributed by atoms with Crippen molar-refractivity contribution in [1.82, 2.24) is 14.9 Å². The Morgan fingerprint density at radius 1 is 1.23 bits per heavy atom. The van der Waals surface area contributed by atoms with Gasteiger partial charge in [-0.25, -0.2) is 0 Å². The summed E-state index contributed by atoms with van der Waals surface area (Å²) in [6.45, 7) is 2.15. The molecule has 1 amide bonds. The van der Waals surface area contributed by atoms with E-state index in [1.54, 1.807) is 24.9 Å². The molecule has 10 heteroatoms. The van der Waals surface area contributed by atoms with Crippen LogP contribution in [0.4, 0.5) is 18.9 Å². The summed E-state index contributed by atoms with van der Waals surface area (Å²) in [7, 11) is 1.60. The van der Waals surface area contributed by atoms with Crippen LogP contribution >= 0.6 is 11.3 Å². The zero-order valence-electron chi connectivity index (χ0n) is 16.6. The van der Waals surface area contributed by atoms with Crippen LogP contribution in [0.3, 0.4) is 0 Å². The lowest BCUT2D eigenvalue weighted by atomic mass is 10.0. The number of thiophene rings is 1. The normalized spacial score (nSPS) is 14.2. The van der Waals surface area contributed by atoms with Crippen molar-refractivity contribution in [2.24, 2.45) is 0 Å². The van der Waals surface area contributed by atoms with Crippen LogP contribution in [0.5, 0.6) is 5.75 Å². The molecule has 31 heavy (non-hydrogen) atoms. The van der Waals surface area contributed by atoms with Crippen molar-refractivity contribution in [2.75, 3.05) is 19.0 Å². The number of methoxy groups -OCH3 is 1. The molecule has 0 bridgehead atoms. The number of fused-ring (bicyclic) bond motifs is 1. The van der Waals surface area contributed by atoms with E-state index in [1.165, 1.54) is 17.5 Å². The number of alkyl halides is 3. The fraction of sp³-hybridized carbons (Fsp3) is 0.286. The number of nitrogens with zero attached hydrogens (tertiary/aromatic N) is 3. The van der Waals surface area contributed by atoms with Gasteiger partial charge in [-0.2, -0.15) is 13.2 Å². The van der Waals surface area contributed by atoms with Gasteiger partial charge in [-0.05, 0) is 29.7 Å². The molecular weight excluding hydrogens is 429 g/mol. The second-order valence-electron chi connectivity index (χ2n) is 7.16. The highest BCUT2D eigenvalue weighted by molar-refractivity contribution is 7.10. The summed E-state index contributed by atoms with van der Waals surface area (Å²) in [6, 6.07) is 2.83. The van der Waals surface area contributed by atoms with Gasteiger partial charge in [0.2, 0.25) is 0 Å². The van der Waals surface area contributed by atoms with Gasteiger partial charge in [0.05, 0.1) is 36.3 Å². The monoisotopic (exact) mass is 448 g/mol. The Hall–Kier alpha value is -2.98. The minimum atomic E-state index is -4.52. The Morgan fingerprint density at radius 2 is 2.03 bits per heavy atom. The Bertz CT molecular complexity index is 1100. The second kappa shape index (κ2) is 8.64. The molecule has 0 radical (unpaired) electrons. The highest BCUT2D eigenvalue weighted by Gasteiger charge is 2.31. The van der Waals surface area contributed by atoms with E-state index < -0.39 is 17.6 Å². The maximum Gasteiger partial charge on any atom is 0.417 e. The first-order valence-corrected chi connectivity index (χ1v) is 10.3. The largest absolute Gasteiger partial charge is 0.495 e. The molecule has 0 aliphatic carbocycles. The number of amides is 1.